The Labute approximate surface area is 452 Å². The third-order valence-electron chi connectivity index (χ3n) is 14.1. The first kappa shape index (κ1) is 56.3. The molecule has 5 heterocycles. The van der Waals surface area contributed by atoms with Crippen LogP contribution in [0, 0.1) is 25.7 Å². The molecule has 2 atom stereocenters. The fourth-order valence-corrected chi connectivity index (χ4v) is 10.6. The Morgan fingerprint density at radius 1 is 0.649 bits per heavy atom. The third-order valence-corrected chi connectivity index (χ3v) is 16.0. The van der Waals surface area contributed by atoms with Crippen molar-refractivity contribution in [1.29, 1.82) is 0 Å². The number of aromatic nitrogens is 2. The third kappa shape index (κ3) is 11.5. The van der Waals surface area contributed by atoms with Crippen LogP contribution in [0.3, 0.4) is 0 Å². The van der Waals surface area contributed by atoms with Crippen molar-refractivity contribution in [1.82, 2.24) is 19.8 Å². The molecule has 0 saturated carbocycles. The fourth-order valence-electron chi connectivity index (χ4n) is 9.65. The molecule has 6 aromatic rings. The van der Waals surface area contributed by atoms with Crippen LogP contribution < -0.4 is 10.6 Å². The van der Waals surface area contributed by atoms with Crippen molar-refractivity contribution >= 4 is 92.0 Å². The number of carboxylic acids is 1. The second-order valence-electron chi connectivity index (χ2n) is 20.0. The van der Waals surface area contributed by atoms with Gasteiger partial charge < -0.3 is 43.8 Å². The number of aliphatic carboxylic acids is 1. The number of nitrogens with zero attached hydrogens (tertiary/aromatic N) is 2. The highest BCUT2D eigenvalue weighted by Gasteiger charge is 2.44. The summed E-state index contributed by atoms with van der Waals surface area (Å²) in [6, 6.07) is 22.4. The van der Waals surface area contributed by atoms with E-state index in [2.05, 4.69) is 17.2 Å². The Balaban J connectivity index is 0.000000198. The van der Waals surface area contributed by atoms with Crippen molar-refractivity contribution in [3.8, 4) is 0 Å². The topological polar surface area (TPSA) is 159 Å². The highest BCUT2D eigenvalue weighted by molar-refractivity contribution is 6.46. The lowest BCUT2D eigenvalue weighted by molar-refractivity contribution is -0.145. The Kier molecular flexibility index (Phi) is 18.0. The Morgan fingerprint density at radius 3 is 1.35 bits per heavy atom. The molecule has 17 heteroatoms. The normalized spacial score (nSPS) is 16.2. The van der Waals surface area contributed by atoms with Crippen LogP contribution in [0.5, 0.6) is 0 Å². The van der Waals surface area contributed by atoms with Gasteiger partial charge in [0.05, 0.1) is 69.4 Å². The number of amides is 2. The molecular weight excluding hydrogens is 1030 g/mol. The van der Waals surface area contributed by atoms with Crippen LogP contribution in [0.2, 0.25) is 20.1 Å². The maximum absolute atomic E-state index is 13.4. The molecule has 2 amide bonds. The van der Waals surface area contributed by atoms with E-state index in [-0.39, 0.29) is 36.2 Å². The van der Waals surface area contributed by atoms with Crippen molar-refractivity contribution in [2.45, 2.75) is 77.3 Å². The number of nitrogens with one attached hydrogen (secondary N) is 2. The molecule has 3 N–H and O–H groups in total. The predicted molar refractivity (Wildman–Crippen MR) is 292 cm³/mol. The highest BCUT2D eigenvalue weighted by Crippen LogP contribution is 2.39. The summed E-state index contributed by atoms with van der Waals surface area (Å²) in [5.41, 5.74) is 6.30. The number of fused-ring (bicyclic) bond motifs is 2. The minimum atomic E-state index is -0.850. The lowest BCUT2D eigenvalue weighted by atomic mass is 9.83. The molecule has 4 aromatic carbocycles. The summed E-state index contributed by atoms with van der Waals surface area (Å²) in [6.07, 6.45) is 4.11. The number of ether oxygens (including phenoxy) is 4. The van der Waals surface area contributed by atoms with Crippen LogP contribution in [0.15, 0.2) is 85.5 Å². The van der Waals surface area contributed by atoms with Crippen molar-refractivity contribution in [3.05, 3.63) is 150 Å². The number of hydrogen-bond donors (Lipinski definition) is 3. The number of carbonyl (C=O) groups is 4. The first-order chi connectivity index (χ1) is 35.1. The smallest absolute Gasteiger partial charge is 0.313 e. The Hall–Kier alpha value is -5.38. The zero-order chi connectivity index (χ0) is 53.8. The molecule has 3 fully saturated rings. The van der Waals surface area contributed by atoms with Crippen molar-refractivity contribution < 1.29 is 43.2 Å². The van der Waals surface area contributed by atoms with Gasteiger partial charge in [0.15, 0.2) is 0 Å². The second-order valence-corrected chi connectivity index (χ2v) is 21.5. The molecule has 0 radical (unpaired) electrons. The summed E-state index contributed by atoms with van der Waals surface area (Å²) in [5.74, 6) is -2.57. The van der Waals surface area contributed by atoms with Crippen LogP contribution in [-0.2, 0) is 53.7 Å². The molecule has 9 rings (SSSR count). The van der Waals surface area contributed by atoms with Gasteiger partial charge in [0.2, 0.25) is 0 Å². The number of halogens is 4. The van der Waals surface area contributed by atoms with E-state index in [0.29, 0.717) is 57.9 Å². The summed E-state index contributed by atoms with van der Waals surface area (Å²) in [5, 5.41) is 19.1. The second kappa shape index (κ2) is 23.7. The average molecular weight is 1090 g/mol. The quantitative estimate of drug-likeness (QED) is 0.0713. The molecule has 2 aromatic heterocycles. The largest absolute Gasteiger partial charge is 0.481 e. The molecule has 3 saturated heterocycles. The first-order valence-electron chi connectivity index (χ1n) is 24.6. The number of benzene rings is 4. The number of hydrogen-bond acceptors (Lipinski definition) is 8. The standard InChI is InChI=1S/C28H30Cl2N2O4.C25H26Cl2N2O4.C4H8O/c1-6-11-36-27(34)23(16(2)3)18-7-9-19(10-8-18)28(14-35-15-28)31-26(33)22-13-20-21(32(22)5)12-17(4)24(29)25(20)30;1-13(2)20(24(31)32)15-5-7-16(8-6-15)25(11-33-12-25)28-23(30)19-10-17-18(29(19)4)9-14(3)21(26)22(17)27;1-2-4-5-3-1/h6-10,12-13,16,23H,1,11,14-15H2,2-5H3,(H,31,33);5-10,13,20H,11-12H2,1-4H3,(H,28,30)(H,31,32);1-4H2. The van der Waals surface area contributed by atoms with Crippen LogP contribution in [0.1, 0.15) is 107 Å². The van der Waals surface area contributed by atoms with Gasteiger partial charge in [0.25, 0.3) is 11.8 Å². The summed E-state index contributed by atoms with van der Waals surface area (Å²) in [4.78, 5) is 51.0. The van der Waals surface area contributed by atoms with Crippen LogP contribution in [0.4, 0.5) is 0 Å². The van der Waals surface area contributed by atoms with E-state index in [9.17, 15) is 24.3 Å². The van der Waals surface area contributed by atoms with E-state index in [1.807, 2.05) is 121 Å². The van der Waals surface area contributed by atoms with Crippen LogP contribution >= 0.6 is 46.4 Å². The molecule has 0 aliphatic carbocycles. The maximum Gasteiger partial charge on any atom is 0.313 e. The van der Waals surface area contributed by atoms with E-state index in [4.69, 9.17) is 65.4 Å². The Bertz CT molecular complexity index is 3050. The van der Waals surface area contributed by atoms with Gasteiger partial charge in [-0.1, -0.05) is 135 Å². The van der Waals surface area contributed by atoms with E-state index in [1.165, 1.54) is 12.8 Å². The summed E-state index contributed by atoms with van der Waals surface area (Å²) >= 11 is 25.5. The summed E-state index contributed by atoms with van der Waals surface area (Å²) < 4.78 is 24.9. The minimum Gasteiger partial charge on any atom is -0.481 e. The van der Waals surface area contributed by atoms with Gasteiger partial charge in [0.1, 0.15) is 29.1 Å². The lowest BCUT2D eigenvalue weighted by Crippen LogP contribution is -2.59. The molecule has 74 heavy (non-hydrogen) atoms. The number of aryl methyl sites for hydroxylation is 4. The monoisotopic (exact) mass is 1090 g/mol. The number of rotatable bonds is 14. The number of esters is 1. The van der Waals surface area contributed by atoms with Gasteiger partial charge in [-0.3, -0.25) is 19.2 Å². The molecule has 3 aliphatic heterocycles. The van der Waals surface area contributed by atoms with E-state index in [0.717, 1.165) is 68.4 Å². The minimum absolute atomic E-state index is 0.0375. The number of carbonyl (C=O) groups excluding carboxylic acids is 3. The first-order valence-corrected chi connectivity index (χ1v) is 26.1. The fraction of sp³-hybridized carbons (Fsp3) is 0.404. The molecule has 394 valence electrons. The molecule has 0 spiro atoms. The zero-order valence-corrected chi connectivity index (χ0v) is 46.0. The van der Waals surface area contributed by atoms with Gasteiger partial charge in [-0.25, -0.2) is 0 Å². The molecule has 2 unspecified atom stereocenters. The predicted octanol–water partition coefficient (Wildman–Crippen LogP) is 12.0. The molecule has 13 nitrogen and oxygen atoms in total. The summed E-state index contributed by atoms with van der Waals surface area (Å²) in [7, 11) is 3.65. The van der Waals surface area contributed by atoms with Gasteiger partial charge in [-0.2, -0.15) is 0 Å². The van der Waals surface area contributed by atoms with Gasteiger partial charge in [-0.05, 0) is 96.2 Å². The van der Waals surface area contributed by atoms with Gasteiger partial charge in [-0.15, -0.1) is 0 Å². The van der Waals surface area contributed by atoms with Crippen molar-refractivity contribution in [2.75, 3.05) is 46.2 Å². The van der Waals surface area contributed by atoms with E-state index in [1.54, 1.807) is 22.8 Å². The van der Waals surface area contributed by atoms with Crippen molar-refractivity contribution in [3.63, 3.8) is 0 Å². The van der Waals surface area contributed by atoms with Crippen LogP contribution in [-0.4, -0.2) is 84.2 Å². The molecular formula is C57H64Cl4N4O9. The highest BCUT2D eigenvalue weighted by atomic mass is 35.5. The Morgan fingerprint density at radius 2 is 1.04 bits per heavy atom. The SMILES string of the molecule is C1CCOC1.C=CCOC(=O)C(c1ccc(C2(NC(=O)c3cc4c(Cl)c(Cl)c(C)cc4n3C)COC2)cc1)C(C)C.Cc1cc2c(cc(C(=O)NC3(c4ccc(C(C(=O)O)C(C)C)cc4)COC3)n2C)c(Cl)c1Cl. The van der Waals surface area contributed by atoms with E-state index < -0.39 is 28.9 Å². The molecule has 3 aliphatic rings. The number of carboxylic acid groups (broad SMARTS) is 1. The van der Waals surface area contributed by atoms with Gasteiger partial charge >= 0.3 is 11.9 Å². The van der Waals surface area contributed by atoms with Gasteiger partial charge in [0, 0.05) is 38.1 Å². The average Bonchev–Trinajstić information content (AvgIpc) is 4.11. The van der Waals surface area contributed by atoms with E-state index >= 15 is 0 Å². The summed E-state index contributed by atoms with van der Waals surface area (Å²) in [6.45, 7) is 18.7. The zero-order valence-electron chi connectivity index (χ0n) is 43.0. The lowest BCUT2D eigenvalue weighted by Gasteiger charge is -2.42. The molecule has 0 bridgehead atoms. The maximum atomic E-state index is 13.4. The van der Waals surface area contributed by atoms with Crippen molar-refractivity contribution in [2.24, 2.45) is 25.9 Å². The van der Waals surface area contributed by atoms with Crippen LogP contribution in [0.25, 0.3) is 21.8 Å².